The molecule has 0 saturated heterocycles. The topological polar surface area (TPSA) is 27.5 Å². The maximum atomic E-state index is 4.49. The maximum absolute atomic E-state index is 4.49. The molecule has 1 aromatic heterocycles. The van der Waals surface area contributed by atoms with Crippen molar-refractivity contribution in [3.05, 3.63) is 18.2 Å². The Morgan fingerprint density at radius 1 is 1.00 bits per heavy atom. The van der Waals surface area contributed by atoms with Gasteiger partial charge in [0.1, 0.15) is 0 Å². The van der Waals surface area contributed by atoms with Crippen LogP contribution < -0.4 is 0 Å². The highest BCUT2D eigenvalue weighted by molar-refractivity contribution is 5.06. The van der Waals surface area contributed by atoms with Crippen LogP contribution in [0.25, 0.3) is 0 Å². The molecule has 0 saturated carbocycles. The van der Waals surface area contributed by atoms with E-state index < -0.39 is 0 Å². The van der Waals surface area contributed by atoms with Gasteiger partial charge in [-0.25, -0.2) is 4.98 Å². The van der Waals surface area contributed by atoms with E-state index in [1.54, 1.807) is 0 Å². The van der Waals surface area contributed by atoms with Gasteiger partial charge >= 0.3 is 0 Å². The molecule has 0 aliphatic rings. The first-order chi connectivity index (χ1) is 7.35. The van der Waals surface area contributed by atoms with Crippen molar-refractivity contribution < 1.29 is 0 Å². The highest BCUT2D eigenvalue weighted by Gasteiger charge is 2.43. The van der Waals surface area contributed by atoms with Crippen molar-refractivity contribution in [2.45, 2.75) is 5.79 Å². The van der Waals surface area contributed by atoms with Gasteiger partial charge in [0.05, 0.1) is 0 Å². The molecular formula is C11H23N5. The van der Waals surface area contributed by atoms with Gasteiger partial charge in [-0.1, -0.05) is 0 Å². The zero-order valence-corrected chi connectivity index (χ0v) is 11.4. The summed E-state index contributed by atoms with van der Waals surface area (Å²) in [7, 11) is 14.4. The Kier molecular flexibility index (Phi) is 3.72. The minimum atomic E-state index is -0.335. The number of hydrogen-bond donors (Lipinski definition) is 0. The smallest absolute Gasteiger partial charge is 0.190 e. The Bertz CT molecular complexity index is 318. The molecule has 5 nitrogen and oxygen atoms in total. The van der Waals surface area contributed by atoms with E-state index >= 15 is 0 Å². The molecule has 0 aromatic carbocycles. The summed E-state index contributed by atoms with van der Waals surface area (Å²) in [5.41, 5.74) is 0. The van der Waals surface area contributed by atoms with Crippen LogP contribution in [0.3, 0.4) is 0 Å². The third kappa shape index (κ3) is 1.75. The quantitative estimate of drug-likeness (QED) is 0.685. The molecule has 0 atom stereocenters. The summed E-state index contributed by atoms with van der Waals surface area (Å²) in [6.07, 6.45) is 3.81. The molecule has 0 spiro atoms. The third-order valence-corrected chi connectivity index (χ3v) is 2.99. The van der Waals surface area contributed by atoms with Crippen LogP contribution in [-0.4, -0.2) is 66.5 Å². The molecule has 5 heteroatoms. The van der Waals surface area contributed by atoms with Gasteiger partial charge in [0.2, 0.25) is 0 Å². The van der Waals surface area contributed by atoms with Crippen molar-refractivity contribution in [3.63, 3.8) is 0 Å². The van der Waals surface area contributed by atoms with Crippen LogP contribution >= 0.6 is 0 Å². The van der Waals surface area contributed by atoms with E-state index in [1.165, 1.54) is 0 Å². The molecule has 1 heterocycles. The van der Waals surface area contributed by atoms with Crippen molar-refractivity contribution in [1.82, 2.24) is 24.3 Å². The largest absolute Gasteiger partial charge is 0.334 e. The summed E-state index contributed by atoms with van der Waals surface area (Å²) < 4.78 is 2.06. The summed E-state index contributed by atoms with van der Waals surface area (Å²) in [6, 6.07) is 0. The van der Waals surface area contributed by atoms with Gasteiger partial charge in [-0.2, -0.15) is 0 Å². The second-order valence-electron chi connectivity index (χ2n) is 4.68. The van der Waals surface area contributed by atoms with Crippen LogP contribution in [-0.2, 0) is 12.8 Å². The van der Waals surface area contributed by atoms with Crippen LogP contribution in [0.4, 0.5) is 0 Å². The average Bonchev–Trinajstić information content (AvgIpc) is 2.51. The summed E-state index contributed by atoms with van der Waals surface area (Å²) in [5.74, 6) is 0.672. The van der Waals surface area contributed by atoms with Gasteiger partial charge in [-0.15, -0.1) is 0 Å². The van der Waals surface area contributed by atoms with Crippen LogP contribution in [0.2, 0.25) is 0 Å². The van der Waals surface area contributed by atoms with E-state index in [0.29, 0.717) is 0 Å². The molecule has 1 rings (SSSR count). The molecule has 92 valence electrons. The van der Waals surface area contributed by atoms with Crippen LogP contribution in [0.1, 0.15) is 5.82 Å². The molecule has 0 radical (unpaired) electrons. The Morgan fingerprint density at radius 2 is 1.44 bits per heavy atom. The Morgan fingerprint density at radius 3 is 1.69 bits per heavy atom. The van der Waals surface area contributed by atoms with E-state index in [-0.39, 0.29) is 5.79 Å². The van der Waals surface area contributed by atoms with E-state index in [4.69, 9.17) is 0 Å². The molecule has 0 amide bonds. The number of hydrogen-bond acceptors (Lipinski definition) is 4. The SMILES string of the molecule is CN(C)C(c1nccn1C)(N(C)C)N(C)C. The standard InChI is InChI=1S/C11H23N5/c1-13(2)11(14(3)4,15(5)6)10-12-8-9-16(10)7/h8-9H,1-7H3. The lowest BCUT2D eigenvalue weighted by Gasteiger charge is -2.48. The summed E-state index contributed by atoms with van der Waals surface area (Å²) in [5, 5.41) is 0. The van der Waals surface area contributed by atoms with Gasteiger partial charge in [0.25, 0.3) is 0 Å². The normalized spacial score (nSPS) is 13.1. The van der Waals surface area contributed by atoms with Crippen molar-refractivity contribution >= 4 is 0 Å². The molecule has 0 fully saturated rings. The van der Waals surface area contributed by atoms with Crippen molar-refractivity contribution in [2.24, 2.45) is 7.05 Å². The average molecular weight is 225 g/mol. The molecule has 0 aliphatic carbocycles. The first-order valence-electron chi connectivity index (χ1n) is 5.35. The van der Waals surface area contributed by atoms with Crippen molar-refractivity contribution in [3.8, 4) is 0 Å². The minimum absolute atomic E-state index is 0.335. The molecular weight excluding hydrogens is 202 g/mol. The fraction of sp³-hybridized carbons (Fsp3) is 0.727. The van der Waals surface area contributed by atoms with E-state index in [2.05, 4.69) is 66.5 Å². The van der Waals surface area contributed by atoms with Crippen LogP contribution in [0, 0.1) is 0 Å². The first-order valence-corrected chi connectivity index (χ1v) is 5.35. The van der Waals surface area contributed by atoms with E-state index in [1.807, 2.05) is 19.4 Å². The fourth-order valence-corrected chi connectivity index (χ4v) is 2.49. The molecule has 0 aliphatic heterocycles. The van der Waals surface area contributed by atoms with Crippen molar-refractivity contribution in [1.29, 1.82) is 0 Å². The highest BCUT2D eigenvalue weighted by atomic mass is 15.5. The zero-order valence-electron chi connectivity index (χ0n) is 11.4. The fourth-order valence-electron chi connectivity index (χ4n) is 2.49. The van der Waals surface area contributed by atoms with Crippen molar-refractivity contribution in [2.75, 3.05) is 42.3 Å². The second kappa shape index (κ2) is 4.53. The molecule has 0 bridgehead atoms. The predicted octanol–water partition coefficient (Wildman–Crippen LogP) is 0.215. The Hall–Kier alpha value is -0.910. The Labute approximate surface area is 98.3 Å². The number of aromatic nitrogens is 2. The summed E-state index contributed by atoms with van der Waals surface area (Å²) in [6.45, 7) is 0. The second-order valence-corrected chi connectivity index (χ2v) is 4.68. The predicted molar refractivity (Wildman–Crippen MR) is 65.9 cm³/mol. The van der Waals surface area contributed by atoms with Gasteiger partial charge in [-0.05, 0) is 42.3 Å². The van der Waals surface area contributed by atoms with E-state index in [0.717, 1.165) is 5.82 Å². The summed E-state index contributed by atoms with van der Waals surface area (Å²) >= 11 is 0. The van der Waals surface area contributed by atoms with Gasteiger partial charge in [0, 0.05) is 19.4 Å². The Balaban J connectivity index is 3.39. The monoisotopic (exact) mass is 225 g/mol. The molecule has 16 heavy (non-hydrogen) atoms. The number of aryl methyl sites for hydroxylation is 1. The van der Waals surface area contributed by atoms with E-state index in [9.17, 15) is 0 Å². The van der Waals surface area contributed by atoms with Gasteiger partial charge in [0.15, 0.2) is 11.6 Å². The number of nitrogens with zero attached hydrogens (tertiary/aromatic N) is 5. The highest BCUT2D eigenvalue weighted by Crippen LogP contribution is 2.29. The van der Waals surface area contributed by atoms with Gasteiger partial charge < -0.3 is 4.57 Å². The molecule has 0 N–H and O–H groups in total. The molecule has 1 aromatic rings. The maximum Gasteiger partial charge on any atom is 0.190 e. The van der Waals surface area contributed by atoms with Gasteiger partial charge in [-0.3, -0.25) is 14.7 Å². The lowest BCUT2D eigenvalue weighted by atomic mass is 10.2. The molecule has 0 unspecified atom stereocenters. The first kappa shape index (κ1) is 13.2. The zero-order chi connectivity index (χ0) is 12.5. The minimum Gasteiger partial charge on any atom is -0.334 e. The third-order valence-electron chi connectivity index (χ3n) is 2.99. The van der Waals surface area contributed by atoms with Crippen LogP contribution in [0.15, 0.2) is 12.4 Å². The lowest BCUT2D eigenvalue weighted by molar-refractivity contribution is -0.124. The summed E-state index contributed by atoms with van der Waals surface area (Å²) in [4.78, 5) is 11.0. The number of rotatable bonds is 4. The lowest BCUT2D eigenvalue weighted by Crippen LogP contribution is -2.62. The van der Waals surface area contributed by atoms with Crippen LogP contribution in [0.5, 0.6) is 0 Å². The number of imidazole rings is 1.